The van der Waals surface area contributed by atoms with Gasteiger partial charge in [-0.05, 0) is 49.4 Å². The van der Waals surface area contributed by atoms with Crippen LogP contribution in [0.3, 0.4) is 0 Å². The zero-order valence-corrected chi connectivity index (χ0v) is 12.5. The minimum Gasteiger partial charge on any atom is -0.397 e. The van der Waals surface area contributed by atoms with Crippen LogP contribution in [0.25, 0.3) is 0 Å². The normalized spacial score (nSPS) is 11.6. The smallest absolute Gasteiger partial charge is 0.138 e. The summed E-state index contributed by atoms with van der Waals surface area (Å²) in [6, 6.07) is 3.03. The van der Waals surface area contributed by atoms with Gasteiger partial charge in [-0.25, -0.2) is 4.39 Å². The van der Waals surface area contributed by atoms with Crippen molar-refractivity contribution >= 4 is 34.0 Å². The van der Waals surface area contributed by atoms with Gasteiger partial charge in [0.05, 0.1) is 20.5 Å². The number of nitrogen functional groups attached to an aromatic ring is 1. The van der Waals surface area contributed by atoms with E-state index in [1.54, 1.807) is 6.07 Å². The molecule has 96 valence electrons. The summed E-state index contributed by atoms with van der Waals surface area (Å²) in [5, 5.41) is 3.11. The van der Waals surface area contributed by atoms with Gasteiger partial charge in [-0.3, -0.25) is 0 Å². The van der Waals surface area contributed by atoms with Gasteiger partial charge in [-0.15, -0.1) is 0 Å². The molecule has 1 rings (SSSR count). The van der Waals surface area contributed by atoms with Crippen molar-refractivity contribution in [3.63, 3.8) is 0 Å². The Kier molecular flexibility index (Phi) is 5.00. The maximum atomic E-state index is 13.4. The van der Waals surface area contributed by atoms with Crippen molar-refractivity contribution in [3.05, 3.63) is 21.5 Å². The van der Waals surface area contributed by atoms with Crippen LogP contribution in [0.4, 0.5) is 15.8 Å². The Balaban J connectivity index is 2.73. The van der Waals surface area contributed by atoms with E-state index in [0.717, 1.165) is 0 Å². The summed E-state index contributed by atoms with van der Waals surface area (Å²) in [6.07, 6.45) is 0. The third-order valence-electron chi connectivity index (χ3n) is 2.33. The Morgan fingerprint density at radius 1 is 1.47 bits per heavy atom. The second-order valence-electron chi connectivity index (χ2n) is 4.40. The van der Waals surface area contributed by atoms with E-state index < -0.39 is 0 Å². The molecular weight excluding hydrogens is 334 g/mol. The standard InChI is InChI=1S/C12H18FIN2O/c1-4-17-12(2,3)7-16-11-5-8(13)9(14)6-10(11)15/h5-6,16H,4,7,15H2,1-3H3. The average molecular weight is 352 g/mol. The lowest BCUT2D eigenvalue weighted by atomic mass is 10.1. The Hall–Kier alpha value is -0.560. The summed E-state index contributed by atoms with van der Waals surface area (Å²) in [7, 11) is 0. The van der Waals surface area contributed by atoms with Gasteiger partial charge >= 0.3 is 0 Å². The van der Waals surface area contributed by atoms with Crippen molar-refractivity contribution in [3.8, 4) is 0 Å². The summed E-state index contributed by atoms with van der Waals surface area (Å²) in [5.74, 6) is -0.267. The van der Waals surface area contributed by atoms with Gasteiger partial charge < -0.3 is 15.8 Å². The van der Waals surface area contributed by atoms with Crippen molar-refractivity contribution < 1.29 is 9.13 Å². The molecule has 0 aliphatic rings. The molecule has 0 unspecified atom stereocenters. The molecule has 0 saturated heterocycles. The number of ether oxygens (including phenoxy) is 1. The summed E-state index contributed by atoms with van der Waals surface area (Å²) >= 11 is 1.92. The van der Waals surface area contributed by atoms with E-state index in [9.17, 15) is 4.39 Å². The predicted octanol–water partition coefficient (Wildman–Crippen LogP) is 3.24. The van der Waals surface area contributed by atoms with E-state index in [1.807, 2.05) is 43.4 Å². The number of benzene rings is 1. The molecule has 3 nitrogen and oxygen atoms in total. The monoisotopic (exact) mass is 352 g/mol. The van der Waals surface area contributed by atoms with E-state index in [1.165, 1.54) is 6.07 Å². The van der Waals surface area contributed by atoms with E-state index in [-0.39, 0.29) is 11.4 Å². The van der Waals surface area contributed by atoms with E-state index in [2.05, 4.69) is 5.32 Å². The first-order chi connectivity index (χ1) is 7.85. The molecule has 17 heavy (non-hydrogen) atoms. The van der Waals surface area contributed by atoms with Gasteiger partial charge in [0.25, 0.3) is 0 Å². The highest BCUT2D eigenvalue weighted by Crippen LogP contribution is 2.24. The third-order valence-corrected chi connectivity index (χ3v) is 3.16. The first-order valence-electron chi connectivity index (χ1n) is 5.48. The second-order valence-corrected chi connectivity index (χ2v) is 5.56. The number of rotatable bonds is 5. The Bertz CT molecular complexity index is 396. The Morgan fingerprint density at radius 3 is 2.71 bits per heavy atom. The van der Waals surface area contributed by atoms with Crippen LogP contribution >= 0.6 is 22.6 Å². The molecule has 0 aromatic heterocycles. The summed E-state index contributed by atoms with van der Waals surface area (Å²) < 4.78 is 19.5. The van der Waals surface area contributed by atoms with E-state index >= 15 is 0 Å². The van der Waals surface area contributed by atoms with Crippen LogP contribution in [-0.2, 0) is 4.74 Å². The largest absolute Gasteiger partial charge is 0.397 e. The SMILES string of the molecule is CCOC(C)(C)CNc1cc(F)c(I)cc1N. The van der Waals surface area contributed by atoms with Crippen LogP contribution in [0.15, 0.2) is 12.1 Å². The lowest BCUT2D eigenvalue weighted by Crippen LogP contribution is -2.33. The van der Waals surface area contributed by atoms with Gasteiger partial charge in [-0.1, -0.05) is 0 Å². The fourth-order valence-corrected chi connectivity index (χ4v) is 1.96. The molecule has 0 heterocycles. The zero-order valence-electron chi connectivity index (χ0n) is 10.3. The number of hydrogen-bond acceptors (Lipinski definition) is 3. The number of halogens is 2. The van der Waals surface area contributed by atoms with Crippen molar-refractivity contribution in [1.29, 1.82) is 0 Å². The lowest BCUT2D eigenvalue weighted by molar-refractivity contribution is 0.000705. The summed E-state index contributed by atoms with van der Waals surface area (Å²) in [6.45, 7) is 7.11. The molecule has 0 atom stereocenters. The molecule has 0 amide bonds. The van der Waals surface area contributed by atoms with E-state index in [4.69, 9.17) is 10.5 Å². The van der Waals surface area contributed by atoms with Crippen LogP contribution in [0.1, 0.15) is 20.8 Å². The number of hydrogen-bond donors (Lipinski definition) is 2. The van der Waals surface area contributed by atoms with Crippen molar-refractivity contribution in [2.75, 3.05) is 24.2 Å². The summed E-state index contributed by atoms with van der Waals surface area (Å²) in [5.41, 5.74) is 6.67. The van der Waals surface area contributed by atoms with Crippen LogP contribution in [0, 0.1) is 9.39 Å². The fourth-order valence-electron chi connectivity index (χ4n) is 1.47. The molecule has 1 aromatic rings. The van der Waals surface area contributed by atoms with Crippen LogP contribution in [0.2, 0.25) is 0 Å². The Morgan fingerprint density at radius 2 is 2.12 bits per heavy atom. The topological polar surface area (TPSA) is 47.3 Å². The molecule has 0 aliphatic carbocycles. The second kappa shape index (κ2) is 5.86. The molecule has 0 saturated carbocycles. The van der Waals surface area contributed by atoms with Gasteiger partial charge in [-0.2, -0.15) is 0 Å². The number of nitrogens with one attached hydrogen (secondary N) is 1. The van der Waals surface area contributed by atoms with Crippen LogP contribution in [-0.4, -0.2) is 18.8 Å². The predicted molar refractivity (Wildman–Crippen MR) is 77.7 cm³/mol. The van der Waals surface area contributed by atoms with Crippen molar-refractivity contribution in [1.82, 2.24) is 0 Å². The molecule has 1 aromatic carbocycles. The van der Waals surface area contributed by atoms with E-state index in [0.29, 0.717) is 28.1 Å². The van der Waals surface area contributed by atoms with Crippen molar-refractivity contribution in [2.24, 2.45) is 0 Å². The average Bonchev–Trinajstić information content (AvgIpc) is 2.21. The highest BCUT2D eigenvalue weighted by molar-refractivity contribution is 14.1. The molecule has 3 N–H and O–H groups in total. The third kappa shape index (κ3) is 4.31. The Labute approximate surface area is 115 Å². The molecular formula is C12H18FIN2O. The van der Waals surface area contributed by atoms with Crippen LogP contribution < -0.4 is 11.1 Å². The number of nitrogens with two attached hydrogens (primary N) is 1. The molecule has 0 spiro atoms. The fraction of sp³-hybridized carbons (Fsp3) is 0.500. The maximum absolute atomic E-state index is 13.4. The molecule has 0 fully saturated rings. The quantitative estimate of drug-likeness (QED) is 0.632. The van der Waals surface area contributed by atoms with Crippen molar-refractivity contribution in [2.45, 2.75) is 26.4 Å². The molecule has 0 bridgehead atoms. The highest BCUT2D eigenvalue weighted by Gasteiger charge is 2.18. The minimum absolute atomic E-state index is 0.267. The molecule has 0 radical (unpaired) electrons. The van der Waals surface area contributed by atoms with Gasteiger partial charge in [0.15, 0.2) is 0 Å². The lowest BCUT2D eigenvalue weighted by Gasteiger charge is -2.25. The molecule has 0 aliphatic heterocycles. The maximum Gasteiger partial charge on any atom is 0.138 e. The highest BCUT2D eigenvalue weighted by atomic mass is 127. The summed E-state index contributed by atoms with van der Waals surface area (Å²) in [4.78, 5) is 0. The minimum atomic E-state index is -0.305. The van der Waals surface area contributed by atoms with Gasteiger partial charge in [0.1, 0.15) is 5.82 Å². The zero-order chi connectivity index (χ0) is 13.1. The first-order valence-corrected chi connectivity index (χ1v) is 6.56. The number of anilines is 2. The van der Waals surface area contributed by atoms with Gasteiger partial charge in [0.2, 0.25) is 0 Å². The first kappa shape index (κ1) is 14.5. The molecule has 5 heteroatoms. The van der Waals surface area contributed by atoms with Crippen LogP contribution in [0.5, 0.6) is 0 Å². The van der Waals surface area contributed by atoms with Gasteiger partial charge in [0, 0.05) is 19.2 Å².